The summed E-state index contributed by atoms with van der Waals surface area (Å²) >= 11 is 0. The highest BCUT2D eigenvalue weighted by molar-refractivity contribution is 6.06. The van der Waals surface area contributed by atoms with Crippen LogP contribution in [-0.4, -0.2) is 29.0 Å². The second-order valence-electron chi connectivity index (χ2n) is 14.4. The standard InChI is InChI=1S/C39H42N2O4/c1-25-11-9-15-28(17-25)40-34(44)24-45-29-16-10-14-27(18-29)35-36-30(19-38(2,3)21-32(36)42)41(23-26-12-7-6-8-13-26)31-20-39(4,5)22-33(43)37(31)35/h6-18,35H,19-24H2,1-5H3,(H,40,44). The number of amides is 1. The summed E-state index contributed by atoms with van der Waals surface area (Å²) < 4.78 is 5.97. The minimum Gasteiger partial charge on any atom is -0.484 e. The molecular formula is C39H42N2O4. The van der Waals surface area contributed by atoms with Gasteiger partial charge in [0, 0.05) is 53.5 Å². The summed E-state index contributed by atoms with van der Waals surface area (Å²) in [6.07, 6.45) is 2.36. The van der Waals surface area contributed by atoms with E-state index in [4.69, 9.17) is 4.74 Å². The molecule has 3 aromatic carbocycles. The Morgan fingerprint density at radius 3 is 2.04 bits per heavy atom. The molecule has 6 nitrogen and oxygen atoms in total. The number of hydrogen-bond donors (Lipinski definition) is 1. The Hall–Kier alpha value is -4.45. The van der Waals surface area contributed by atoms with Crippen molar-refractivity contribution in [2.24, 2.45) is 10.8 Å². The molecule has 1 heterocycles. The molecule has 1 amide bonds. The van der Waals surface area contributed by atoms with E-state index >= 15 is 0 Å². The third-order valence-electron chi connectivity index (χ3n) is 9.07. The van der Waals surface area contributed by atoms with Crippen molar-refractivity contribution in [3.05, 3.63) is 118 Å². The molecule has 6 rings (SSSR count). The average molecular weight is 603 g/mol. The maximum absolute atomic E-state index is 14.1. The van der Waals surface area contributed by atoms with Gasteiger partial charge in [0.05, 0.1) is 0 Å². The lowest BCUT2D eigenvalue weighted by atomic mass is 9.63. The molecule has 0 aromatic heterocycles. The molecule has 45 heavy (non-hydrogen) atoms. The summed E-state index contributed by atoms with van der Waals surface area (Å²) in [6, 6.07) is 25.5. The molecule has 0 radical (unpaired) electrons. The highest BCUT2D eigenvalue weighted by Crippen LogP contribution is 2.55. The van der Waals surface area contributed by atoms with Crippen molar-refractivity contribution in [2.75, 3.05) is 11.9 Å². The third-order valence-corrected chi connectivity index (χ3v) is 9.07. The van der Waals surface area contributed by atoms with Gasteiger partial charge in [-0.3, -0.25) is 14.4 Å². The Balaban J connectivity index is 1.39. The van der Waals surface area contributed by atoms with E-state index in [9.17, 15) is 14.4 Å². The molecule has 0 fully saturated rings. The van der Waals surface area contributed by atoms with Crippen molar-refractivity contribution in [3.8, 4) is 5.75 Å². The van der Waals surface area contributed by atoms with Gasteiger partial charge in [-0.2, -0.15) is 0 Å². The number of Topliss-reactive ketones (excluding diaryl/α,β-unsaturated/α-hetero) is 2. The monoisotopic (exact) mass is 602 g/mol. The zero-order valence-corrected chi connectivity index (χ0v) is 26.9. The van der Waals surface area contributed by atoms with Gasteiger partial charge >= 0.3 is 0 Å². The zero-order chi connectivity index (χ0) is 31.9. The molecule has 2 aliphatic carbocycles. The first-order valence-electron chi connectivity index (χ1n) is 15.8. The molecule has 3 aliphatic rings. The van der Waals surface area contributed by atoms with E-state index in [1.165, 1.54) is 0 Å². The van der Waals surface area contributed by atoms with Gasteiger partial charge in [0.2, 0.25) is 0 Å². The first-order chi connectivity index (χ1) is 21.4. The van der Waals surface area contributed by atoms with Crippen molar-refractivity contribution in [1.82, 2.24) is 4.90 Å². The Labute approximate surface area is 266 Å². The number of nitrogens with one attached hydrogen (secondary N) is 1. The maximum atomic E-state index is 14.1. The molecule has 232 valence electrons. The first kappa shape index (κ1) is 30.6. The Morgan fingerprint density at radius 1 is 0.800 bits per heavy atom. The van der Waals surface area contributed by atoms with E-state index in [1.54, 1.807) is 0 Å². The van der Waals surface area contributed by atoms with Crippen LogP contribution < -0.4 is 10.1 Å². The molecule has 0 spiro atoms. The summed E-state index contributed by atoms with van der Waals surface area (Å²) in [6.45, 7) is 11.0. The lowest BCUT2D eigenvalue weighted by Crippen LogP contribution is -2.44. The fourth-order valence-electron chi connectivity index (χ4n) is 7.19. The minimum atomic E-state index is -0.473. The lowest BCUT2D eigenvalue weighted by molar-refractivity contribution is -0.120. The summed E-state index contributed by atoms with van der Waals surface area (Å²) in [4.78, 5) is 43.3. The van der Waals surface area contributed by atoms with Crippen molar-refractivity contribution >= 4 is 23.2 Å². The highest BCUT2D eigenvalue weighted by atomic mass is 16.5. The maximum Gasteiger partial charge on any atom is 0.262 e. The van der Waals surface area contributed by atoms with E-state index in [0.29, 0.717) is 25.1 Å². The number of aryl methyl sites for hydroxylation is 1. The fraction of sp³-hybridized carbons (Fsp3) is 0.359. The SMILES string of the molecule is Cc1cccc(NC(=O)COc2cccc(C3C4=C(CC(C)(C)CC4=O)N(Cc4ccccc4)C4=C3C(=O)CC(C)(C)C4)c2)c1. The topological polar surface area (TPSA) is 75.7 Å². The number of carbonyl (C=O) groups excluding carboxylic acids is 3. The third kappa shape index (κ3) is 6.51. The number of allylic oxidation sites excluding steroid dienone is 4. The van der Waals surface area contributed by atoms with Crippen LogP contribution in [0.15, 0.2) is 101 Å². The van der Waals surface area contributed by atoms with Crippen molar-refractivity contribution in [3.63, 3.8) is 0 Å². The van der Waals surface area contributed by atoms with Crippen LogP contribution in [0.2, 0.25) is 0 Å². The van der Waals surface area contributed by atoms with Gasteiger partial charge in [-0.05, 0) is 71.6 Å². The Bertz CT molecular complexity index is 1680. The summed E-state index contributed by atoms with van der Waals surface area (Å²) in [5, 5.41) is 2.88. The molecule has 0 saturated heterocycles. The van der Waals surface area contributed by atoms with E-state index < -0.39 is 5.92 Å². The fourth-order valence-corrected chi connectivity index (χ4v) is 7.19. The second-order valence-corrected chi connectivity index (χ2v) is 14.4. The summed E-state index contributed by atoms with van der Waals surface area (Å²) in [5.41, 5.74) is 6.87. The van der Waals surface area contributed by atoms with Crippen LogP contribution in [0.4, 0.5) is 5.69 Å². The van der Waals surface area contributed by atoms with Gasteiger partial charge in [-0.25, -0.2) is 0 Å². The molecule has 0 atom stereocenters. The number of carbonyl (C=O) groups is 3. The van der Waals surface area contributed by atoms with Gasteiger partial charge in [0.25, 0.3) is 5.91 Å². The van der Waals surface area contributed by atoms with E-state index in [2.05, 4.69) is 50.0 Å². The quantitative estimate of drug-likeness (QED) is 0.298. The molecular weight excluding hydrogens is 560 g/mol. The number of anilines is 1. The Morgan fingerprint density at radius 2 is 1.42 bits per heavy atom. The number of hydrogen-bond acceptors (Lipinski definition) is 5. The van der Waals surface area contributed by atoms with Crippen LogP contribution in [0.1, 0.15) is 76.0 Å². The summed E-state index contributed by atoms with van der Waals surface area (Å²) in [5.74, 6) is -0.0201. The van der Waals surface area contributed by atoms with Gasteiger partial charge in [0.1, 0.15) is 5.75 Å². The van der Waals surface area contributed by atoms with E-state index in [-0.39, 0.29) is 34.9 Å². The van der Waals surface area contributed by atoms with Crippen molar-refractivity contribution in [1.29, 1.82) is 0 Å². The predicted octanol–water partition coefficient (Wildman–Crippen LogP) is 7.90. The second kappa shape index (κ2) is 11.8. The van der Waals surface area contributed by atoms with Gasteiger partial charge < -0.3 is 15.0 Å². The van der Waals surface area contributed by atoms with Crippen LogP contribution in [0.3, 0.4) is 0 Å². The van der Waals surface area contributed by atoms with Crippen LogP contribution in [-0.2, 0) is 20.9 Å². The number of benzene rings is 3. The normalized spacial score (nSPS) is 19.3. The molecule has 1 N–H and O–H groups in total. The number of ketones is 2. The number of rotatable bonds is 7. The predicted molar refractivity (Wildman–Crippen MR) is 177 cm³/mol. The zero-order valence-electron chi connectivity index (χ0n) is 26.9. The average Bonchev–Trinajstić information content (AvgIpc) is 2.96. The molecule has 0 saturated carbocycles. The minimum absolute atomic E-state index is 0.0948. The van der Waals surface area contributed by atoms with Crippen LogP contribution in [0.25, 0.3) is 0 Å². The van der Waals surface area contributed by atoms with Gasteiger partial charge in [-0.1, -0.05) is 82.3 Å². The Kier molecular flexibility index (Phi) is 8.02. The summed E-state index contributed by atoms with van der Waals surface area (Å²) in [7, 11) is 0. The van der Waals surface area contributed by atoms with Crippen LogP contribution in [0, 0.1) is 17.8 Å². The van der Waals surface area contributed by atoms with Gasteiger partial charge in [0.15, 0.2) is 18.2 Å². The molecule has 1 aliphatic heterocycles. The lowest BCUT2D eigenvalue weighted by Gasteiger charge is -2.49. The molecule has 6 heteroatoms. The van der Waals surface area contributed by atoms with Crippen LogP contribution in [0.5, 0.6) is 5.75 Å². The van der Waals surface area contributed by atoms with Gasteiger partial charge in [-0.15, -0.1) is 0 Å². The number of ether oxygens (including phenoxy) is 1. The van der Waals surface area contributed by atoms with Crippen LogP contribution >= 0.6 is 0 Å². The number of nitrogens with zero attached hydrogens (tertiary/aromatic N) is 1. The highest BCUT2D eigenvalue weighted by Gasteiger charge is 2.49. The van der Waals surface area contributed by atoms with Crippen molar-refractivity contribution in [2.45, 2.75) is 72.8 Å². The molecule has 0 unspecified atom stereocenters. The van der Waals surface area contributed by atoms with E-state index in [1.807, 2.05) is 73.7 Å². The molecule has 3 aromatic rings. The van der Waals surface area contributed by atoms with E-state index in [0.717, 1.165) is 57.8 Å². The smallest absolute Gasteiger partial charge is 0.262 e. The first-order valence-corrected chi connectivity index (χ1v) is 15.8. The van der Waals surface area contributed by atoms with Crippen molar-refractivity contribution < 1.29 is 19.1 Å². The molecule has 0 bridgehead atoms. The largest absolute Gasteiger partial charge is 0.484 e.